The Hall–Kier alpha value is 0.0249. The molecule has 76 valence electrons. The van der Waals surface area contributed by atoms with Gasteiger partial charge in [-0.15, -0.1) is 0 Å². The molecule has 1 aliphatic carbocycles. The van der Waals surface area contributed by atoms with Gasteiger partial charge in [-0.1, -0.05) is 33.6 Å². The Kier molecular flexibility index (Phi) is 3.45. The van der Waals surface area contributed by atoms with Crippen molar-refractivity contribution < 1.29 is 4.74 Å². The van der Waals surface area contributed by atoms with Gasteiger partial charge in [-0.3, -0.25) is 0 Å². The number of hydrogen-bond donors (Lipinski definition) is 0. The predicted molar refractivity (Wildman–Crippen MR) is 59.9 cm³/mol. The van der Waals surface area contributed by atoms with Gasteiger partial charge < -0.3 is 4.74 Å². The van der Waals surface area contributed by atoms with Crippen LogP contribution in [0.3, 0.4) is 0 Å². The molecule has 13 heavy (non-hydrogen) atoms. The fourth-order valence-electron chi connectivity index (χ4n) is 3.40. The average molecular weight is 182 g/mol. The van der Waals surface area contributed by atoms with Crippen LogP contribution >= 0.6 is 0 Å². The SMILES string of the molecule is BC1CC(CC)(CC)C(C)C1OC. The normalized spacial score (nSPS) is 38.0. The molecule has 0 heterocycles. The van der Waals surface area contributed by atoms with Crippen LogP contribution in [0.15, 0.2) is 0 Å². The maximum atomic E-state index is 5.59. The summed E-state index contributed by atoms with van der Waals surface area (Å²) in [5, 5.41) is 0. The lowest BCUT2D eigenvalue weighted by molar-refractivity contribution is 0.0425. The van der Waals surface area contributed by atoms with Gasteiger partial charge in [-0.25, -0.2) is 0 Å². The minimum atomic E-state index is 0.486. The predicted octanol–water partition coefficient (Wildman–Crippen LogP) is 2.27. The zero-order chi connectivity index (χ0) is 10.1. The van der Waals surface area contributed by atoms with Crippen molar-refractivity contribution in [2.75, 3.05) is 7.11 Å². The highest BCUT2D eigenvalue weighted by Crippen LogP contribution is 2.53. The van der Waals surface area contributed by atoms with Crippen LogP contribution < -0.4 is 0 Å². The Labute approximate surface area is 83.6 Å². The van der Waals surface area contributed by atoms with Crippen LogP contribution in [-0.4, -0.2) is 21.1 Å². The summed E-state index contributed by atoms with van der Waals surface area (Å²) in [7, 11) is 4.19. The van der Waals surface area contributed by atoms with E-state index in [1.807, 2.05) is 7.11 Å². The molecular weight excluding hydrogens is 159 g/mol. The largest absolute Gasteiger partial charge is 0.382 e. The summed E-state index contributed by atoms with van der Waals surface area (Å²) in [6.07, 6.45) is 4.43. The Morgan fingerprint density at radius 1 is 1.38 bits per heavy atom. The van der Waals surface area contributed by atoms with Crippen molar-refractivity contribution in [3.05, 3.63) is 0 Å². The van der Waals surface area contributed by atoms with Crippen LogP contribution in [0.2, 0.25) is 5.82 Å². The third-order valence-corrected chi connectivity index (χ3v) is 4.43. The van der Waals surface area contributed by atoms with E-state index in [9.17, 15) is 0 Å². The Morgan fingerprint density at radius 3 is 2.15 bits per heavy atom. The molecule has 3 atom stereocenters. The van der Waals surface area contributed by atoms with Crippen molar-refractivity contribution in [2.45, 2.75) is 52.0 Å². The first-order chi connectivity index (χ1) is 6.11. The van der Waals surface area contributed by atoms with Gasteiger partial charge in [-0.2, -0.15) is 0 Å². The summed E-state index contributed by atoms with van der Waals surface area (Å²) in [6, 6.07) is 0. The molecule has 3 unspecified atom stereocenters. The van der Waals surface area contributed by atoms with E-state index in [1.54, 1.807) is 0 Å². The summed E-state index contributed by atoms with van der Waals surface area (Å²) >= 11 is 0. The van der Waals surface area contributed by atoms with Gasteiger partial charge in [0, 0.05) is 7.11 Å². The lowest BCUT2D eigenvalue weighted by Gasteiger charge is -2.33. The second-order valence-electron chi connectivity index (χ2n) is 4.74. The van der Waals surface area contributed by atoms with E-state index in [0.29, 0.717) is 11.5 Å². The number of hydrogen-bond acceptors (Lipinski definition) is 1. The van der Waals surface area contributed by atoms with Crippen LogP contribution in [0.25, 0.3) is 0 Å². The zero-order valence-electron chi connectivity index (χ0n) is 9.76. The van der Waals surface area contributed by atoms with E-state index in [2.05, 4.69) is 28.6 Å². The van der Waals surface area contributed by atoms with Gasteiger partial charge in [0.25, 0.3) is 0 Å². The van der Waals surface area contributed by atoms with Gasteiger partial charge in [0.15, 0.2) is 0 Å². The number of methoxy groups -OCH3 is 1. The van der Waals surface area contributed by atoms with Crippen molar-refractivity contribution in [2.24, 2.45) is 11.3 Å². The molecule has 1 nitrogen and oxygen atoms in total. The highest BCUT2D eigenvalue weighted by Gasteiger charge is 2.47. The Balaban J connectivity index is 2.80. The third kappa shape index (κ3) is 1.65. The lowest BCUT2D eigenvalue weighted by Crippen LogP contribution is -2.28. The summed E-state index contributed by atoms with van der Waals surface area (Å²) in [6.45, 7) is 7.01. The molecule has 0 aromatic rings. The van der Waals surface area contributed by atoms with E-state index in [4.69, 9.17) is 4.74 Å². The standard InChI is InChI=1S/C11H23BO/c1-5-11(6-2)7-9(12)10(13-4)8(11)3/h8-10H,5-7,12H2,1-4H3. The Morgan fingerprint density at radius 2 is 1.92 bits per heavy atom. The fraction of sp³-hybridized carbons (Fsp3) is 1.00. The molecule has 0 radical (unpaired) electrons. The monoisotopic (exact) mass is 182 g/mol. The molecule has 0 aromatic carbocycles. The van der Waals surface area contributed by atoms with Crippen LogP contribution in [-0.2, 0) is 4.74 Å². The second-order valence-corrected chi connectivity index (χ2v) is 4.74. The second kappa shape index (κ2) is 4.04. The molecule has 1 rings (SSSR count). The highest BCUT2D eigenvalue weighted by molar-refractivity contribution is 6.12. The molecular formula is C11H23BO. The summed E-state index contributed by atoms with van der Waals surface area (Å²) in [5.41, 5.74) is 0.556. The van der Waals surface area contributed by atoms with Gasteiger partial charge in [-0.05, 0) is 23.6 Å². The molecule has 0 N–H and O–H groups in total. The number of rotatable bonds is 3. The van der Waals surface area contributed by atoms with Crippen LogP contribution in [0.1, 0.15) is 40.0 Å². The van der Waals surface area contributed by atoms with Crippen LogP contribution in [0, 0.1) is 11.3 Å². The molecule has 1 fully saturated rings. The van der Waals surface area contributed by atoms with Gasteiger partial charge in [0.2, 0.25) is 0 Å². The van der Waals surface area contributed by atoms with Gasteiger partial charge >= 0.3 is 0 Å². The van der Waals surface area contributed by atoms with E-state index < -0.39 is 0 Å². The third-order valence-electron chi connectivity index (χ3n) is 4.43. The van der Waals surface area contributed by atoms with E-state index in [1.165, 1.54) is 19.3 Å². The molecule has 1 aliphatic rings. The minimum absolute atomic E-state index is 0.486. The van der Waals surface area contributed by atoms with Gasteiger partial charge in [0.1, 0.15) is 7.85 Å². The minimum Gasteiger partial charge on any atom is -0.382 e. The average Bonchev–Trinajstić information content (AvgIpc) is 2.38. The molecule has 0 aromatic heterocycles. The molecule has 0 amide bonds. The van der Waals surface area contributed by atoms with Crippen molar-refractivity contribution in [3.63, 3.8) is 0 Å². The molecule has 0 saturated heterocycles. The summed E-state index contributed by atoms with van der Waals surface area (Å²) < 4.78 is 5.59. The first kappa shape index (κ1) is 11.1. The summed E-state index contributed by atoms with van der Waals surface area (Å²) in [4.78, 5) is 0. The van der Waals surface area contributed by atoms with Crippen LogP contribution in [0.4, 0.5) is 0 Å². The smallest absolute Gasteiger partial charge is 0.108 e. The maximum Gasteiger partial charge on any atom is 0.108 e. The molecule has 1 saturated carbocycles. The first-order valence-electron chi connectivity index (χ1n) is 5.64. The highest BCUT2D eigenvalue weighted by atomic mass is 16.5. The van der Waals surface area contributed by atoms with Crippen molar-refractivity contribution >= 4 is 7.85 Å². The van der Waals surface area contributed by atoms with E-state index in [0.717, 1.165) is 11.7 Å². The van der Waals surface area contributed by atoms with Crippen molar-refractivity contribution in [1.82, 2.24) is 0 Å². The van der Waals surface area contributed by atoms with Crippen LogP contribution in [0.5, 0.6) is 0 Å². The van der Waals surface area contributed by atoms with E-state index >= 15 is 0 Å². The molecule has 0 spiro atoms. The van der Waals surface area contributed by atoms with Gasteiger partial charge in [0.05, 0.1) is 6.10 Å². The van der Waals surface area contributed by atoms with Crippen molar-refractivity contribution in [1.29, 1.82) is 0 Å². The molecule has 0 bridgehead atoms. The fourth-order valence-corrected chi connectivity index (χ4v) is 3.40. The summed E-state index contributed by atoms with van der Waals surface area (Å²) in [5.74, 6) is 1.46. The van der Waals surface area contributed by atoms with Crippen molar-refractivity contribution in [3.8, 4) is 0 Å². The first-order valence-corrected chi connectivity index (χ1v) is 5.64. The quantitative estimate of drug-likeness (QED) is 0.608. The lowest BCUT2D eigenvalue weighted by atomic mass is 9.73. The maximum absolute atomic E-state index is 5.59. The zero-order valence-corrected chi connectivity index (χ0v) is 9.76. The molecule has 0 aliphatic heterocycles. The van der Waals surface area contributed by atoms with E-state index in [-0.39, 0.29) is 0 Å². The Bertz CT molecular complexity index is 165. The topological polar surface area (TPSA) is 9.23 Å². The molecule has 2 heteroatoms. The number of ether oxygens (including phenoxy) is 1.